The highest BCUT2D eigenvalue weighted by Gasteiger charge is 2.39. The monoisotopic (exact) mass is 835 g/mol. The van der Waals surface area contributed by atoms with E-state index in [4.69, 9.17) is 32.5 Å². The van der Waals surface area contributed by atoms with Crippen molar-refractivity contribution < 1.29 is 23.8 Å². The molecule has 1 aliphatic carbocycles. The van der Waals surface area contributed by atoms with Crippen molar-refractivity contribution in [3.05, 3.63) is 125 Å². The second-order valence-corrected chi connectivity index (χ2v) is 16.7. The van der Waals surface area contributed by atoms with E-state index in [0.717, 1.165) is 42.7 Å². The number of primary amides is 1. The van der Waals surface area contributed by atoms with Crippen molar-refractivity contribution in [3.63, 3.8) is 0 Å². The van der Waals surface area contributed by atoms with Gasteiger partial charge in [-0.25, -0.2) is 4.39 Å². The number of nitrogens with two attached hydrogens (primary N) is 5. The summed E-state index contributed by atoms with van der Waals surface area (Å²) in [6.45, 7) is 11.6. The number of allylic oxidation sites excluding steroid dienone is 2. The molecule has 8 rings (SSSR count). The van der Waals surface area contributed by atoms with E-state index in [1.165, 1.54) is 29.3 Å². The Labute approximate surface area is 358 Å². The van der Waals surface area contributed by atoms with Gasteiger partial charge in [0.1, 0.15) is 23.3 Å². The molecule has 0 radical (unpaired) electrons. The van der Waals surface area contributed by atoms with Crippen LogP contribution in [0.4, 0.5) is 10.1 Å². The van der Waals surface area contributed by atoms with Crippen molar-refractivity contribution in [2.75, 3.05) is 51.5 Å². The third-order valence-corrected chi connectivity index (χ3v) is 12.2. The Morgan fingerprint density at radius 2 is 1.59 bits per heavy atom. The highest BCUT2D eigenvalue weighted by atomic mass is 19.1. The smallest absolute Gasteiger partial charge is 0.253 e. The number of morpholine rings is 1. The summed E-state index contributed by atoms with van der Waals surface area (Å²) in [6.07, 6.45) is 8.80. The summed E-state index contributed by atoms with van der Waals surface area (Å²) in [5, 5.41) is 11.5. The van der Waals surface area contributed by atoms with Crippen LogP contribution in [0.25, 0.3) is 16.6 Å². The largest absolute Gasteiger partial charge is 0.507 e. The molecule has 11 N–H and O–H groups in total. The number of halogens is 1. The molecule has 0 bridgehead atoms. The van der Waals surface area contributed by atoms with Gasteiger partial charge in [-0.15, -0.1) is 0 Å². The molecular weight excluding hydrogens is 774 g/mol. The maximum absolute atomic E-state index is 16.2. The fourth-order valence-corrected chi connectivity index (χ4v) is 8.49. The first-order chi connectivity index (χ1) is 29.2. The topological polar surface area (TPSA) is 208 Å². The van der Waals surface area contributed by atoms with Crippen LogP contribution in [-0.4, -0.2) is 94.3 Å². The van der Waals surface area contributed by atoms with E-state index in [-0.39, 0.29) is 36.1 Å². The summed E-state index contributed by atoms with van der Waals surface area (Å²) in [5.74, 6) is 0.0773. The Morgan fingerprint density at radius 3 is 2.20 bits per heavy atom. The van der Waals surface area contributed by atoms with Gasteiger partial charge in [-0.3, -0.25) is 9.59 Å². The van der Waals surface area contributed by atoms with Crippen LogP contribution in [0.3, 0.4) is 0 Å². The minimum atomic E-state index is -1.31. The summed E-state index contributed by atoms with van der Waals surface area (Å²) >= 11 is 0. The van der Waals surface area contributed by atoms with Gasteiger partial charge < -0.3 is 57.8 Å². The number of aryl methyl sites for hydroxylation is 1. The minimum absolute atomic E-state index is 0.0637. The normalized spacial score (nSPS) is 20.5. The third kappa shape index (κ3) is 11.0. The number of nitrogens with zero attached hydrogens (tertiary/aromatic N) is 4. The average Bonchev–Trinajstić information content (AvgIpc) is 3.91. The van der Waals surface area contributed by atoms with Gasteiger partial charge in [-0.2, -0.15) is 0 Å². The molecule has 2 unspecified atom stereocenters. The van der Waals surface area contributed by atoms with Gasteiger partial charge >= 0.3 is 0 Å². The molecule has 2 amide bonds. The van der Waals surface area contributed by atoms with Crippen LogP contribution in [0.1, 0.15) is 84.6 Å². The number of anilines is 1. The first-order valence-electron chi connectivity index (χ1n) is 21.1. The van der Waals surface area contributed by atoms with Gasteiger partial charge in [-0.05, 0) is 99.2 Å². The zero-order valence-corrected chi connectivity index (χ0v) is 35.4. The van der Waals surface area contributed by atoms with E-state index in [2.05, 4.69) is 47.0 Å². The molecule has 14 heteroatoms. The lowest BCUT2D eigenvalue weighted by molar-refractivity contribution is -0.106. The van der Waals surface area contributed by atoms with Crippen LogP contribution >= 0.6 is 0 Å². The molecule has 4 fully saturated rings. The molecule has 1 saturated carbocycles. The molecule has 4 aliphatic rings. The van der Waals surface area contributed by atoms with Gasteiger partial charge in [0.2, 0.25) is 6.41 Å². The van der Waals surface area contributed by atoms with Crippen LogP contribution in [0, 0.1) is 6.92 Å². The van der Waals surface area contributed by atoms with E-state index < -0.39 is 5.67 Å². The number of para-hydroxylation sites is 1. The number of carbonyl (C=O) groups is 2. The zero-order chi connectivity index (χ0) is 43.8. The molecule has 4 heterocycles. The molecule has 3 saturated heterocycles. The number of carbonyl (C=O) groups excluding carboxylic acids is 2. The van der Waals surface area contributed by atoms with E-state index >= 15 is 4.39 Å². The summed E-state index contributed by atoms with van der Waals surface area (Å²) in [4.78, 5) is 28.2. The molecule has 1 aromatic heterocycles. The van der Waals surface area contributed by atoms with Crippen LogP contribution in [-0.2, 0) is 9.53 Å². The minimum Gasteiger partial charge on any atom is -0.507 e. The van der Waals surface area contributed by atoms with Crippen molar-refractivity contribution in [2.24, 2.45) is 22.9 Å². The summed E-state index contributed by atoms with van der Waals surface area (Å²) in [6, 6.07) is 20.9. The number of piperidine rings is 2. The fraction of sp³-hybridized carbons (Fsp3) is 0.404. The molecule has 3 aromatic carbocycles. The molecule has 2 atom stereocenters. The van der Waals surface area contributed by atoms with Crippen LogP contribution in [0.15, 0.2) is 103 Å². The molecule has 326 valence electrons. The van der Waals surface area contributed by atoms with Crippen LogP contribution < -0.4 is 28.7 Å². The number of hydrogen-bond donors (Lipinski definition) is 6. The van der Waals surface area contributed by atoms with E-state index in [1.54, 1.807) is 35.2 Å². The van der Waals surface area contributed by atoms with Crippen molar-refractivity contribution >= 4 is 34.6 Å². The Morgan fingerprint density at radius 1 is 0.951 bits per heavy atom. The quantitative estimate of drug-likeness (QED) is 0.0544. The molecule has 0 spiro atoms. The number of alkyl halides is 1. The maximum atomic E-state index is 16.2. The Kier molecular flexibility index (Phi) is 14.3. The Balaban J connectivity index is 0.000000818. The second-order valence-electron chi connectivity index (χ2n) is 16.7. The average molecular weight is 836 g/mol. The van der Waals surface area contributed by atoms with Gasteiger partial charge in [0.25, 0.3) is 5.91 Å². The van der Waals surface area contributed by atoms with Crippen molar-refractivity contribution in [1.82, 2.24) is 19.3 Å². The van der Waals surface area contributed by atoms with Crippen molar-refractivity contribution in [3.8, 4) is 5.75 Å². The van der Waals surface area contributed by atoms with Gasteiger partial charge in [0, 0.05) is 104 Å². The summed E-state index contributed by atoms with van der Waals surface area (Å²) < 4.78 is 24.9. The summed E-state index contributed by atoms with van der Waals surface area (Å²) in [7, 11) is 0. The van der Waals surface area contributed by atoms with Crippen molar-refractivity contribution in [1.29, 1.82) is 0 Å². The highest BCUT2D eigenvalue weighted by Crippen LogP contribution is 2.35. The van der Waals surface area contributed by atoms with Crippen LogP contribution in [0.5, 0.6) is 5.75 Å². The SMILES string of the molecule is C=C1CC1.Cc1c(N)ccc2c1ccn2C1CCN(CC2(F)CCN(C(=O)c3ccc(C4CN(C(/C=C(\N)c5ccccc5O)=C(N)N)CC(C)O4)cc3)CC2)CC1.NC=O. The number of rotatable bonds is 8. The number of hydrogen-bond acceptors (Lipinski definition) is 10. The van der Waals surface area contributed by atoms with Crippen LogP contribution in [0.2, 0.25) is 0 Å². The first-order valence-corrected chi connectivity index (χ1v) is 21.1. The van der Waals surface area contributed by atoms with Gasteiger partial charge in [0.15, 0.2) is 0 Å². The number of fused-ring (bicyclic) bond motifs is 1. The van der Waals surface area contributed by atoms with Gasteiger partial charge in [-0.1, -0.05) is 36.4 Å². The first kappa shape index (κ1) is 44.6. The number of benzene rings is 3. The molecule has 13 nitrogen and oxygen atoms in total. The second kappa shape index (κ2) is 19.6. The molecule has 3 aliphatic heterocycles. The predicted octanol–water partition coefficient (Wildman–Crippen LogP) is 5.80. The zero-order valence-electron chi connectivity index (χ0n) is 35.4. The standard InChI is InChI=1S/C42H53FN8O3.C4H6.CH3NO/c1-27-24-50(37(40(46)47)23-35(45)33-5-3-4-6-38(33)52)25-39(54-27)29-7-9-30(10-8-29)41(53)49-21-16-42(43,17-22-49)26-48-18-13-31(14-19-48)51-20-15-32-28(2)34(44)11-12-36(32)51;1-4-2-3-4;2-1-3/h3-12,15,20,23,27,31,39,52H,13-14,16-19,21-22,24-26,44-47H2,1-2H3;1-3H2;1H,(H2,2,3)/b35-23-;;. The van der Waals surface area contributed by atoms with Crippen molar-refractivity contribution in [2.45, 2.75) is 76.3 Å². The maximum Gasteiger partial charge on any atom is 0.253 e. The number of aromatic nitrogens is 1. The number of amides is 2. The lowest BCUT2D eigenvalue weighted by Crippen LogP contribution is -2.51. The lowest BCUT2D eigenvalue weighted by Gasteiger charge is -2.41. The Hall–Kier alpha value is -5.99. The number of aromatic hydroxyl groups is 1. The molecule has 61 heavy (non-hydrogen) atoms. The lowest BCUT2D eigenvalue weighted by atomic mass is 9.91. The third-order valence-electron chi connectivity index (χ3n) is 12.2. The number of ether oxygens (including phenoxy) is 1. The summed E-state index contributed by atoms with van der Waals surface area (Å²) in [5.41, 5.74) is 35.0. The highest BCUT2D eigenvalue weighted by molar-refractivity contribution is 5.94. The molecule has 4 aromatic rings. The Bertz CT molecular complexity index is 2230. The van der Waals surface area contributed by atoms with E-state index in [0.29, 0.717) is 74.1 Å². The van der Waals surface area contributed by atoms with Gasteiger partial charge in [0.05, 0.1) is 11.8 Å². The number of likely N-dealkylation sites (tertiary alicyclic amines) is 2. The van der Waals surface area contributed by atoms with E-state index in [1.807, 2.05) is 42.2 Å². The molecular formula is C47H62FN9O4. The number of phenolic OH excluding ortho intramolecular Hbond substituents is 1. The number of phenols is 1. The van der Waals surface area contributed by atoms with E-state index in [9.17, 15) is 9.90 Å². The predicted molar refractivity (Wildman–Crippen MR) is 240 cm³/mol. The fourth-order valence-electron chi connectivity index (χ4n) is 8.49. The number of nitrogen functional groups attached to an aromatic ring is 1.